The first kappa shape index (κ1) is 15.1. The summed E-state index contributed by atoms with van der Waals surface area (Å²) in [5.74, 6) is -0.753. The maximum Gasteiger partial charge on any atom is 0.316 e. The molecule has 1 unspecified atom stereocenters. The van der Waals surface area contributed by atoms with Gasteiger partial charge in [-0.2, -0.15) is 0 Å². The van der Waals surface area contributed by atoms with E-state index in [1.807, 2.05) is 0 Å². The highest BCUT2D eigenvalue weighted by atomic mass is 19.1. The van der Waals surface area contributed by atoms with Crippen LogP contribution < -0.4 is 10.3 Å². The fourth-order valence-corrected chi connectivity index (χ4v) is 2.49. The van der Waals surface area contributed by atoms with Gasteiger partial charge in [-0.05, 0) is 18.9 Å². The minimum absolute atomic E-state index is 0.0851. The van der Waals surface area contributed by atoms with Crippen LogP contribution in [0, 0.1) is 5.82 Å². The van der Waals surface area contributed by atoms with Gasteiger partial charge >= 0.3 is 6.01 Å². The number of hydrogen-bond acceptors (Lipinski definition) is 5. The summed E-state index contributed by atoms with van der Waals surface area (Å²) in [7, 11) is 0. The Labute approximate surface area is 131 Å². The second-order valence-electron chi connectivity index (χ2n) is 5.26. The molecule has 0 aliphatic carbocycles. The Morgan fingerprint density at radius 1 is 1.39 bits per heavy atom. The van der Waals surface area contributed by atoms with Gasteiger partial charge in [-0.1, -0.05) is 0 Å². The van der Waals surface area contributed by atoms with Crippen LogP contribution in [0.5, 0.6) is 6.01 Å². The lowest BCUT2D eigenvalue weighted by molar-refractivity contribution is 0.0515. The standard InChI is InChI=1S/C15H15FN4O3/c16-11-7-18-15(19-8-11)23-12-2-1-5-20(9-12)14(22)10-3-4-17-13(21)6-10/h3-4,6-8,12H,1-2,5,9H2,(H,17,21). The normalized spacial score (nSPS) is 17.8. The van der Waals surface area contributed by atoms with Crippen LogP contribution in [0.4, 0.5) is 4.39 Å². The SMILES string of the molecule is O=C(c1cc[nH]c(=O)c1)N1CCCC(Oc2ncc(F)cn2)C1. The van der Waals surface area contributed by atoms with Gasteiger partial charge in [0.15, 0.2) is 5.82 Å². The van der Waals surface area contributed by atoms with Crippen LogP contribution in [0.15, 0.2) is 35.5 Å². The monoisotopic (exact) mass is 318 g/mol. The number of likely N-dealkylation sites (tertiary alicyclic amines) is 1. The number of pyridine rings is 1. The minimum atomic E-state index is -0.535. The van der Waals surface area contributed by atoms with Crippen LogP contribution >= 0.6 is 0 Å². The Kier molecular flexibility index (Phi) is 4.31. The third-order valence-corrected chi connectivity index (χ3v) is 3.56. The fraction of sp³-hybridized carbons (Fsp3) is 0.333. The van der Waals surface area contributed by atoms with E-state index in [0.29, 0.717) is 18.7 Å². The first-order valence-corrected chi connectivity index (χ1v) is 7.24. The van der Waals surface area contributed by atoms with Crippen LogP contribution in [-0.2, 0) is 0 Å². The van der Waals surface area contributed by atoms with Gasteiger partial charge in [-0.15, -0.1) is 0 Å². The molecule has 1 saturated heterocycles. The molecule has 0 bridgehead atoms. The van der Waals surface area contributed by atoms with Gasteiger partial charge in [0, 0.05) is 24.4 Å². The van der Waals surface area contributed by atoms with Gasteiger partial charge in [-0.25, -0.2) is 14.4 Å². The number of carbonyl (C=O) groups excluding carboxylic acids is 1. The van der Waals surface area contributed by atoms with E-state index in [1.165, 1.54) is 12.3 Å². The van der Waals surface area contributed by atoms with Crippen molar-refractivity contribution in [1.29, 1.82) is 0 Å². The summed E-state index contributed by atoms with van der Waals surface area (Å²) in [5.41, 5.74) is 0.0211. The molecule has 3 heterocycles. The number of nitrogens with zero attached hydrogens (tertiary/aromatic N) is 3. The Hall–Kier alpha value is -2.77. The van der Waals surface area contributed by atoms with Crippen molar-refractivity contribution in [3.8, 4) is 6.01 Å². The van der Waals surface area contributed by atoms with E-state index >= 15 is 0 Å². The molecule has 7 nitrogen and oxygen atoms in total. The average molecular weight is 318 g/mol. The van der Waals surface area contributed by atoms with E-state index < -0.39 is 5.82 Å². The van der Waals surface area contributed by atoms with Crippen LogP contribution in [0.3, 0.4) is 0 Å². The molecule has 1 aliphatic rings. The van der Waals surface area contributed by atoms with Crippen molar-refractivity contribution < 1.29 is 13.9 Å². The van der Waals surface area contributed by atoms with E-state index in [9.17, 15) is 14.0 Å². The van der Waals surface area contributed by atoms with Crippen molar-refractivity contribution in [3.05, 3.63) is 52.5 Å². The molecule has 3 rings (SSSR count). The molecule has 0 spiro atoms. The van der Waals surface area contributed by atoms with Crippen LogP contribution in [0.1, 0.15) is 23.2 Å². The molecule has 1 aliphatic heterocycles. The lowest BCUT2D eigenvalue weighted by Gasteiger charge is -2.32. The summed E-state index contributed by atoms with van der Waals surface area (Å²) in [5, 5.41) is 0. The molecule has 1 fully saturated rings. The number of aromatic nitrogens is 3. The predicted molar refractivity (Wildman–Crippen MR) is 78.6 cm³/mol. The van der Waals surface area contributed by atoms with Crippen molar-refractivity contribution in [2.75, 3.05) is 13.1 Å². The van der Waals surface area contributed by atoms with Crippen molar-refractivity contribution in [1.82, 2.24) is 19.9 Å². The summed E-state index contributed by atoms with van der Waals surface area (Å²) in [6, 6.07) is 2.93. The quantitative estimate of drug-likeness (QED) is 0.911. The van der Waals surface area contributed by atoms with Gasteiger partial charge in [0.25, 0.3) is 5.91 Å². The number of rotatable bonds is 3. The van der Waals surface area contributed by atoms with Crippen LogP contribution in [-0.4, -0.2) is 45.0 Å². The zero-order valence-corrected chi connectivity index (χ0v) is 12.2. The van der Waals surface area contributed by atoms with Gasteiger partial charge in [0.2, 0.25) is 5.56 Å². The molecule has 1 amide bonds. The topological polar surface area (TPSA) is 88.2 Å². The number of hydrogen-bond donors (Lipinski definition) is 1. The average Bonchev–Trinajstić information content (AvgIpc) is 2.56. The number of ether oxygens (including phenoxy) is 1. The zero-order valence-electron chi connectivity index (χ0n) is 12.2. The maximum atomic E-state index is 12.8. The number of piperidine rings is 1. The molecule has 120 valence electrons. The van der Waals surface area contributed by atoms with E-state index in [2.05, 4.69) is 15.0 Å². The Balaban J connectivity index is 1.67. The summed E-state index contributed by atoms with van der Waals surface area (Å²) >= 11 is 0. The summed E-state index contributed by atoms with van der Waals surface area (Å²) in [6.07, 6.45) is 4.76. The van der Waals surface area contributed by atoms with Gasteiger partial charge in [-0.3, -0.25) is 9.59 Å². The Morgan fingerprint density at radius 2 is 2.17 bits per heavy atom. The first-order chi connectivity index (χ1) is 11.1. The molecule has 1 atom stereocenters. The number of aromatic amines is 1. The van der Waals surface area contributed by atoms with Gasteiger partial charge < -0.3 is 14.6 Å². The van der Waals surface area contributed by atoms with Gasteiger partial charge in [0.05, 0.1) is 18.9 Å². The third kappa shape index (κ3) is 3.71. The molecule has 8 heteroatoms. The minimum Gasteiger partial charge on any atom is -0.458 e. The maximum absolute atomic E-state index is 12.8. The lowest BCUT2D eigenvalue weighted by Crippen LogP contribution is -2.44. The fourth-order valence-electron chi connectivity index (χ4n) is 2.49. The molecule has 2 aromatic heterocycles. The third-order valence-electron chi connectivity index (χ3n) is 3.56. The van der Waals surface area contributed by atoms with Crippen LogP contribution in [0.2, 0.25) is 0 Å². The highest BCUT2D eigenvalue weighted by Gasteiger charge is 2.26. The van der Waals surface area contributed by atoms with Crippen LogP contribution in [0.25, 0.3) is 0 Å². The number of nitrogens with one attached hydrogen (secondary N) is 1. The second-order valence-corrected chi connectivity index (χ2v) is 5.26. The number of carbonyl (C=O) groups is 1. The summed E-state index contributed by atoms with van der Waals surface area (Å²) < 4.78 is 18.4. The number of H-pyrrole nitrogens is 1. The molecule has 0 saturated carbocycles. The highest BCUT2D eigenvalue weighted by molar-refractivity contribution is 5.94. The predicted octanol–water partition coefficient (Wildman–Crippen LogP) is 0.988. The first-order valence-electron chi connectivity index (χ1n) is 7.24. The molecule has 0 radical (unpaired) electrons. The Morgan fingerprint density at radius 3 is 2.91 bits per heavy atom. The largest absolute Gasteiger partial charge is 0.458 e. The molecule has 1 N–H and O–H groups in total. The van der Waals surface area contributed by atoms with Crippen molar-refractivity contribution in [2.24, 2.45) is 0 Å². The van der Waals surface area contributed by atoms with E-state index in [4.69, 9.17) is 4.74 Å². The molecular weight excluding hydrogens is 303 g/mol. The number of halogens is 1. The molecule has 0 aromatic carbocycles. The van der Waals surface area contributed by atoms with Gasteiger partial charge in [0.1, 0.15) is 6.10 Å². The second kappa shape index (κ2) is 6.55. The molecule has 2 aromatic rings. The lowest BCUT2D eigenvalue weighted by atomic mass is 10.1. The number of amides is 1. The summed E-state index contributed by atoms with van der Waals surface area (Å²) in [4.78, 5) is 35.4. The van der Waals surface area contributed by atoms with E-state index in [0.717, 1.165) is 25.2 Å². The smallest absolute Gasteiger partial charge is 0.316 e. The van der Waals surface area contributed by atoms with Crippen molar-refractivity contribution in [3.63, 3.8) is 0 Å². The van der Waals surface area contributed by atoms with Crippen molar-refractivity contribution >= 4 is 5.91 Å². The van der Waals surface area contributed by atoms with Crippen molar-refractivity contribution in [2.45, 2.75) is 18.9 Å². The zero-order chi connectivity index (χ0) is 16.2. The molecular formula is C15H15FN4O3. The highest BCUT2D eigenvalue weighted by Crippen LogP contribution is 2.17. The molecule has 23 heavy (non-hydrogen) atoms. The summed E-state index contributed by atoms with van der Waals surface area (Å²) in [6.45, 7) is 0.960. The Bertz CT molecular complexity index is 747. The van der Waals surface area contributed by atoms with E-state index in [1.54, 1.807) is 11.0 Å². The van der Waals surface area contributed by atoms with E-state index in [-0.39, 0.29) is 23.6 Å².